The smallest absolute Gasteiger partial charge is 0.279 e. The molecular weight excluding hydrogens is 506 g/mol. The largest absolute Gasteiger partial charge is 0.309 e. The Hall–Kier alpha value is -5.68. The van der Waals surface area contributed by atoms with E-state index in [-0.39, 0.29) is 10.6 Å². The van der Waals surface area contributed by atoms with Gasteiger partial charge in [-0.25, -0.2) is 0 Å². The summed E-state index contributed by atoms with van der Waals surface area (Å²) in [5.41, 5.74) is 9.76. The lowest BCUT2D eigenvalue weighted by atomic mass is 9.91. The highest BCUT2D eigenvalue weighted by molar-refractivity contribution is 6.19. The van der Waals surface area contributed by atoms with Crippen molar-refractivity contribution >= 4 is 49.3 Å². The molecule has 0 atom stereocenters. The van der Waals surface area contributed by atoms with E-state index in [9.17, 15) is 10.1 Å². The van der Waals surface area contributed by atoms with Crippen LogP contribution in [0, 0.1) is 10.1 Å². The quantitative estimate of drug-likeness (QED) is 0.166. The summed E-state index contributed by atoms with van der Waals surface area (Å²) < 4.78 is 4.48. The van der Waals surface area contributed by atoms with Crippen LogP contribution in [-0.4, -0.2) is 14.1 Å². The Morgan fingerprint density at radius 2 is 1.17 bits per heavy atom. The van der Waals surface area contributed by atoms with Crippen LogP contribution in [0.2, 0.25) is 0 Å². The van der Waals surface area contributed by atoms with E-state index in [0.717, 1.165) is 71.7 Å². The van der Waals surface area contributed by atoms with Crippen LogP contribution in [0.3, 0.4) is 0 Å². The predicted octanol–water partition coefficient (Wildman–Crippen LogP) is 9.44. The average molecular weight is 528 g/mol. The summed E-state index contributed by atoms with van der Waals surface area (Å²) in [6, 6.07) is 43.3. The van der Waals surface area contributed by atoms with Crippen molar-refractivity contribution < 1.29 is 4.92 Å². The van der Waals surface area contributed by atoms with E-state index in [4.69, 9.17) is 0 Å². The van der Waals surface area contributed by atoms with Gasteiger partial charge in [-0.2, -0.15) is 0 Å². The van der Waals surface area contributed by atoms with Gasteiger partial charge in [-0.15, -0.1) is 0 Å². The summed E-state index contributed by atoms with van der Waals surface area (Å²) in [6.07, 6.45) is 0. The molecule has 0 bridgehead atoms. The van der Waals surface area contributed by atoms with Gasteiger partial charge in [-0.05, 0) is 48.0 Å². The zero-order valence-corrected chi connectivity index (χ0v) is 21.8. The van der Waals surface area contributed by atoms with Crippen LogP contribution < -0.4 is 0 Å². The number of nitro groups is 1. The van der Waals surface area contributed by atoms with Crippen molar-refractivity contribution in [3.63, 3.8) is 0 Å². The molecule has 0 saturated carbocycles. The molecule has 9 rings (SSSR count). The van der Waals surface area contributed by atoms with E-state index in [0.29, 0.717) is 5.56 Å². The van der Waals surface area contributed by atoms with E-state index in [1.807, 2.05) is 30.3 Å². The Bertz CT molecular complexity index is 2400. The number of aromatic nitrogens is 2. The van der Waals surface area contributed by atoms with Gasteiger partial charge >= 0.3 is 0 Å². The number of nitrogens with zero attached hydrogens (tertiary/aromatic N) is 3. The second-order valence-corrected chi connectivity index (χ2v) is 10.6. The molecule has 0 unspecified atom stereocenters. The third-order valence-electron chi connectivity index (χ3n) is 8.54. The lowest BCUT2D eigenvalue weighted by Crippen LogP contribution is -2.00. The summed E-state index contributed by atoms with van der Waals surface area (Å²) in [4.78, 5) is 12.3. The summed E-state index contributed by atoms with van der Waals surface area (Å²) >= 11 is 0. The number of fused-ring (bicyclic) bond motifs is 11. The molecule has 0 saturated heterocycles. The fourth-order valence-corrected chi connectivity index (χ4v) is 6.93. The Labute approximate surface area is 234 Å². The molecule has 0 radical (unpaired) electrons. The molecule has 5 heteroatoms. The van der Waals surface area contributed by atoms with E-state index >= 15 is 0 Å². The van der Waals surface area contributed by atoms with Gasteiger partial charge in [0.25, 0.3) is 5.69 Å². The van der Waals surface area contributed by atoms with E-state index in [1.54, 1.807) is 12.1 Å². The maximum atomic E-state index is 12.6. The maximum absolute atomic E-state index is 12.6. The molecule has 5 nitrogen and oxygen atoms in total. The van der Waals surface area contributed by atoms with Crippen molar-refractivity contribution in [2.24, 2.45) is 0 Å². The predicted molar refractivity (Wildman–Crippen MR) is 166 cm³/mol. The van der Waals surface area contributed by atoms with Gasteiger partial charge in [0.1, 0.15) is 0 Å². The highest BCUT2D eigenvalue weighted by Gasteiger charge is 2.30. The molecule has 0 fully saturated rings. The second-order valence-electron chi connectivity index (χ2n) is 10.6. The summed E-state index contributed by atoms with van der Waals surface area (Å²) in [6.45, 7) is 0. The third-order valence-corrected chi connectivity index (χ3v) is 8.54. The lowest BCUT2D eigenvalue weighted by Gasteiger charge is -2.14. The van der Waals surface area contributed by atoms with Gasteiger partial charge in [0.2, 0.25) is 0 Å². The number of nitro benzene ring substituents is 1. The van der Waals surface area contributed by atoms with Crippen LogP contribution >= 0.6 is 0 Å². The second kappa shape index (κ2) is 7.93. The monoisotopic (exact) mass is 527 g/mol. The highest BCUT2D eigenvalue weighted by atomic mass is 16.6. The van der Waals surface area contributed by atoms with Gasteiger partial charge in [-0.1, -0.05) is 78.9 Å². The van der Waals surface area contributed by atoms with Crippen molar-refractivity contribution in [3.8, 4) is 33.6 Å². The minimum atomic E-state index is -0.252. The molecule has 0 N–H and O–H groups in total. The van der Waals surface area contributed by atoms with Crippen molar-refractivity contribution in [1.29, 1.82) is 0 Å². The standard InChI is InChI=1S/C36H21N3O2/c40-39(41)33-19-9-18-32-35(33)29-21-34-28(24-13-5-6-16-30(24)37(34)22-10-2-1-3-11-22)20-27(29)26-15-8-14-25-23-12-4-7-17-31(23)38(32)36(25)26/h1-21H. The van der Waals surface area contributed by atoms with Gasteiger partial charge in [0, 0.05) is 44.4 Å². The summed E-state index contributed by atoms with van der Waals surface area (Å²) in [5.74, 6) is 0. The Morgan fingerprint density at radius 1 is 0.512 bits per heavy atom. The van der Waals surface area contributed by atoms with Crippen molar-refractivity contribution in [3.05, 3.63) is 138 Å². The Morgan fingerprint density at radius 3 is 1.95 bits per heavy atom. The molecule has 6 aromatic carbocycles. The van der Waals surface area contributed by atoms with Crippen LogP contribution in [0.25, 0.3) is 77.2 Å². The topological polar surface area (TPSA) is 53.0 Å². The molecule has 192 valence electrons. The first-order valence-electron chi connectivity index (χ1n) is 13.6. The first kappa shape index (κ1) is 22.2. The molecule has 1 aliphatic rings. The Balaban J connectivity index is 1.55. The van der Waals surface area contributed by atoms with Crippen molar-refractivity contribution in [1.82, 2.24) is 9.13 Å². The van der Waals surface area contributed by atoms with Crippen LogP contribution in [0.1, 0.15) is 0 Å². The maximum Gasteiger partial charge on any atom is 0.279 e. The molecule has 0 spiro atoms. The van der Waals surface area contributed by atoms with E-state index in [1.165, 1.54) is 0 Å². The van der Waals surface area contributed by atoms with Crippen LogP contribution in [0.4, 0.5) is 5.69 Å². The zero-order chi connectivity index (χ0) is 27.2. The van der Waals surface area contributed by atoms with Crippen LogP contribution in [0.15, 0.2) is 127 Å². The molecule has 41 heavy (non-hydrogen) atoms. The molecule has 8 aromatic rings. The lowest BCUT2D eigenvalue weighted by molar-refractivity contribution is -0.384. The minimum Gasteiger partial charge on any atom is -0.309 e. The SMILES string of the molecule is O=[N+]([O-])c1cccc2c1-c1cc3c(cc1-c1cccc4c5ccccc5n-2c14)c1ccccc1n3-c1ccccc1. The minimum absolute atomic E-state index is 0.101. The number of benzene rings is 6. The third kappa shape index (κ3) is 2.84. The normalized spacial score (nSPS) is 12.1. The Kier molecular flexibility index (Phi) is 4.29. The highest BCUT2D eigenvalue weighted by Crippen LogP contribution is 2.51. The van der Waals surface area contributed by atoms with Crippen LogP contribution in [-0.2, 0) is 0 Å². The molecule has 0 amide bonds. The fraction of sp³-hybridized carbons (Fsp3) is 0. The number of hydrogen-bond donors (Lipinski definition) is 0. The summed E-state index contributed by atoms with van der Waals surface area (Å²) in [7, 11) is 0. The van der Waals surface area contributed by atoms with E-state index in [2.05, 4.69) is 94.1 Å². The molecule has 0 aliphatic carbocycles. The first-order chi connectivity index (χ1) is 20.2. The average Bonchev–Trinajstić information content (AvgIpc) is 3.49. The van der Waals surface area contributed by atoms with Crippen LogP contribution in [0.5, 0.6) is 0 Å². The van der Waals surface area contributed by atoms with Gasteiger partial charge < -0.3 is 9.13 Å². The van der Waals surface area contributed by atoms with Gasteiger partial charge in [0.05, 0.1) is 38.2 Å². The van der Waals surface area contributed by atoms with E-state index < -0.39 is 0 Å². The van der Waals surface area contributed by atoms with Crippen molar-refractivity contribution in [2.75, 3.05) is 0 Å². The molecule has 3 heterocycles. The first-order valence-corrected chi connectivity index (χ1v) is 13.6. The van der Waals surface area contributed by atoms with Gasteiger partial charge in [-0.3, -0.25) is 10.1 Å². The number of hydrogen-bond acceptors (Lipinski definition) is 2. The number of para-hydroxylation sites is 4. The molecule has 1 aliphatic heterocycles. The zero-order valence-electron chi connectivity index (χ0n) is 21.8. The molecular formula is C36H21N3O2. The molecule has 2 aromatic heterocycles. The fourth-order valence-electron chi connectivity index (χ4n) is 6.93. The summed E-state index contributed by atoms with van der Waals surface area (Å²) in [5, 5.41) is 17.1. The van der Waals surface area contributed by atoms with Gasteiger partial charge in [0.15, 0.2) is 0 Å². The number of rotatable bonds is 2. The van der Waals surface area contributed by atoms with Crippen molar-refractivity contribution in [2.45, 2.75) is 0 Å².